The molecule has 0 aromatic carbocycles. The van der Waals surface area contributed by atoms with Crippen LogP contribution in [0.15, 0.2) is 0 Å². The van der Waals surface area contributed by atoms with E-state index in [1.165, 1.54) is 0 Å². The van der Waals surface area contributed by atoms with Crippen LogP contribution in [0.5, 0.6) is 0 Å². The van der Waals surface area contributed by atoms with Crippen molar-refractivity contribution in [1.29, 1.82) is 0 Å². The fourth-order valence-corrected chi connectivity index (χ4v) is 1.94. The van der Waals surface area contributed by atoms with Gasteiger partial charge in [0.15, 0.2) is 0 Å². The van der Waals surface area contributed by atoms with Crippen LogP contribution in [0.1, 0.15) is 33.1 Å². The van der Waals surface area contributed by atoms with E-state index in [1.54, 1.807) is 0 Å². The third-order valence-electron chi connectivity index (χ3n) is 2.78. The molecule has 1 heterocycles. The molecule has 0 spiro atoms. The van der Waals surface area contributed by atoms with E-state index in [9.17, 15) is 5.11 Å². The lowest BCUT2D eigenvalue weighted by Gasteiger charge is -2.29. The SMILES string of the molecule is CCC(CC)C1(O)CCOC1. The second-order valence-electron chi connectivity index (χ2n) is 3.42. The van der Waals surface area contributed by atoms with Gasteiger partial charge in [0.05, 0.1) is 12.2 Å². The molecule has 0 amide bonds. The summed E-state index contributed by atoms with van der Waals surface area (Å²) in [5.41, 5.74) is -0.510. The topological polar surface area (TPSA) is 29.5 Å². The first-order valence-corrected chi connectivity index (χ1v) is 4.53. The number of rotatable bonds is 3. The zero-order chi connectivity index (χ0) is 8.32. The normalized spacial score (nSPS) is 31.6. The van der Waals surface area contributed by atoms with Crippen molar-refractivity contribution in [2.45, 2.75) is 38.7 Å². The zero-order valence-electron chi connectivity index (χ0n) is 7.47. The molecule has 1 N–H and O–H groups in total. The predicted molar refractivity (Wildman–Crippen MR) is 44.5 cm³/mol. The number of ether oxygens (including phenoxy) is 1. The molecule has 1 fully saturated rings. The van der Waals surface area contributed by atoms with Gasteiger partial charge in [-0.3, -0.25) is 0 Å². The summed E-state index contributed by atoms with van der Waals surface area (Å²) in [7, 11) is 0. The Labute approximate surface area is 68.6 Å². The summed E-state index contributed by atoms with van der Waals surface area (Å²) in [6.07, 6.45) is 2.92. The number of aliphatic hydroxyl groups is 1. The Bertz CT molecular complexity index is 113. The monoisotopic (exact) mass is 158 g/mol. The number of hydrogen-bond donors (Lipinski definition) is 1. The average molecular weight is 158 g/mol. The van der Waals surface area contributed by atoms with E-state index < -0.39 is 5.60 Å². The summed E-state index contributed by atoms with van der Waals surface area (Å²) in [6.45, 7) is 5.53. The van der Waals surface area contributed by atoms with E-state index in [0.29, 0.717) is 12.5 Å². The zero-order valence-corrected chi connectivity index (χ0v) is 7.47. The standard InChI is InChI=1S/C9H18O2/c1-3-8(4-2)9(10)5-6-11-7-9/h8,10H,3-7H2,1-2H3. The van der Waals surface area contributed by atoms with Crippen molar-refractivity contribution in [1.82, 2.24) is 0 Å². The molecule has 0 aromatic rings. The lowest BCUT2D eigenvalue weighted by atomic mass is 9.83. The van der Waals surface area contributed by atoms with Gasteiger partial charge in [0.2, 0.25) is 0 Å². The van der Waals surface area contributed by atoms with Crippen molar-refractivity contribution in [3.8, 4) is 0 Å². The van der Waals surface area contributed by atoms with Crippen LogP contribution in [0.25, 0.3) is 0 Å². The van der Waals surface area contributed by atoms with Crippen molar-refractivity contribution < 1.29 is 9.84 Å². The molecule has 0 saturated carbocycles. The average Bonchev–Trinajstić information content (AvgIpc) is 2.39. The highest BCUT2D eigenvalue weighted by atomic mass is 16.5. The third-order valence-corrected chi connectivity index (χ3v) is 2.78. The molecule has 0 bridgehead atoms. The minimum atomic E-state index is -0.510. The molecule has 2 nitrogen and oxygen atoms in total. The van der Waals surface area contributed by atoms with Crippen LogP contribution >= 0.6 is 0 Å². The van der Waals surface area contributed by atoms with Crippen molar-refractivity contribution >= 4 is 0 Å². The third kappa shape index (κ3) is 1.74. The van der Waals surface area contributed by atoms with E-state index in [2.05, 4.69) is 13.8 Å². The van der Waals surface area contributed by atoms with Crippen LogP contribution in [0.2, 0.25) is 0 Å². The van der Waals surface area contributed by atoms with Gasteiger partial charge in [-0.25, -0.2) is 0 Å². The molecule has 1 unspecified atom stereocenters. The summed E-state index contributed by atoms with van der Waals surface area (Å²) < 4.78 is 5.19. The van der Waals surface area contributed by atoms with Gasteiger partial charge in [0, 0.05) is 13.0 Å². The fourth-order valence-electron chi connectivity index (χ4n) is 1.94. The molecule has 1 saturated heterocycles. The molecule has 1 aliphatic heterocycles. The van der Waals surface area contributed by atoms with E-state index in [1.807, 2.05) is 0 Å². The largest absolute Gasteiger partial charge is 0.387 e. The second-order valence-corrected chi connectivity index (χ2v) is 3.42. The molecule has 66 valence electrons. The molecule has 0 aromatic heterocycles. The minimum absolute atomic E-state index is 0.421. The molecule has 2 heteroatoms. The molecule has 0 radical (unpaired) electrons. The summed E-state index contributed by atoms with van der Waals surface area (Å²) >= 11 is 0. The van der Waals surface area contributed by atoms with Crippen molar-refractivity contribution in [3.63, 3.8) is 0 Å². The summed E-state index contributed by atoms with van der Waals surface area (Å²) in [5.74, 6) is 0.421. The van der Waals surface area contributed by atoms with Gasteiger partial charge < -0.3 is 9.84 Å². The van der Waals surface area contributed by atoms with Gasteiger partial charge in [0.25, 0.3) is 0 Å². The molecular weight excluding hydrogens is 140 g/mol. The molecule has 0 aliphatic carbocycles. The smallest absolute Gasteiger partial charge is 0.0929 e. The Morgan fingerprint density at radius 2 is 2.09 bits per heavy atom. The Kier molecular flexibility index (Phi) is 2.90. The maximum atomic E-state index is 10.0. The highest BCUT2D eigenvalue weighted by Crippen LogP contribution is 2.31. The van der Waals surface area contributed by atoms with E-state index >= 15 is 0 Å². The van der Waals surface area contributed by atoms with Crippen LogP contribution in [0, 0.1) is 5.92 Å². The first kappa shape index (κ1) is 9.01. The number of hydrogen-bond acceptors (Lipinski definition) is 2. The first-order chi connectivity index (χ1) is 5.23. The highest BCUT2D eigenvalue weighted by molar-refractivity contribution is 4.88. The van der Waals surface area contributed by atoms with Gasteiger partial charge in [0.1, 0.15) is 0 Å². The highest BCUT2D eigenvalue weighted by Gasteiger charge is 2.38. The van der Waals surface area contributed by atoms with Crippen LogP contribution in [-0.2, 0) is 4.74 Å². The lowest BCUT2D eigenvalue weighted by Crippen LogP contribution is -2.37. The first-order valence-electron chi connectivity index (χ1n) is 4.53. The molecule has 11 heavy (non-hydrogen) atoms. The Morgan fingerprint density at radius 3 is 2.45 bits per heavy atom. The van der Waals surface area contributed by atoms with Crippen LogP contribution < -0.4 is 0 Å². The van der Waals surface area contributed by atoms with Crippen molar-refractivity contribution in [3.05, 3.63) is 0 Å². The maximum absolute atomic E-state index is 10.0. The lowest BCUT2D eigenvalue weighted by molar-refractivity contribution is -0.0279. The van der Waals surface area contributed by atoms with Gasteiger partial charge in [-0.1, -0.05) is 26.7 Å². The van der Waals surface area contributed by atoms with Gasteiger partial charge in [-0.2, -0.15) is 0 Å². The Hall–Kier alpha value is -0.0800. The van der Waals surface area contributed by atoms with Crippen molar-refractivity contribution in [2.24, 2.45) is 5.92 Å². The summed E-state index contributed by atoms with van der Waals surface area (Å²) in [6, 6.07) is 0. The van der Waals surface area contributed by atoms with Crippen LogP contribution in [-0.4, -0.2) is 23.9 Å². The van der Waals surface area contributed by atoms with Gasteiger partial charge in [-0.05, 0) is 5.92 Å². The fraction of sp³-hybridized carbons (Fsp3) is 1.00. The van der Waals surface area contributed by atoms with Crippen molar-refractivity contribution in [2.75, 3.05) is 13.2 Å². The molecule has 1 rings (SSSR count). The van der Waals surface area contributed by atoms with E-state index in [-0.39, 0.29) is 0 Å². The molecular formula is C9H18O2. The second kappa shape index (κ2) is 3.55. The predicted octanol–water partition coefficient (Wildman–Crippen LogP) is 1.57. The molecule has 1 atom stereocenters. The van der Waals surface area contributed by atoms with E-state index in [0.717, 1.165) is 25.9 Å². The summed E-state index contributed by atoms with van der Waals surface area (Å²) in [4.78, 5) is 0. The van der Waals surface area contributed by atoms with Gasteiger partial charge in [-0.15, -0.1) is 0 Å². The van der Waals surface area contributed by atoms with Crippen LogP contribution in [0.3, 0.4) is 0 Å². The van der Waals surface area contributed by atoms with E-state index in [4.69, 9.17) is 4.74 Å². The maximum Gasteiger partial charge on any atom is 0.0929 e. The Balaban J connectivity index is 2.53. The minimum Gasteiger partial charge on any atom is -0.387 e. The Morgan fingerprint density at radius 1 is 1.45 bits per heavy atom. The molecule has 1 aliphatic rings. The summed E-state index contributed by atoms with van der Waals surface area (Å²) in [5, 5.41) is 10.0. The quantitative estimate of drug-likeness (QED) is 0.675. The van der Waals surface area contributed by atoms with Crippen LogP contribution in [0.4, 0.5) is 0 Å². The van der Waals surface area contributed by atoms with Gasteiger partial charge >= 0.3 is 0 Å².